The van der Waals surface area contributed by atoms with E-state index in [2.05, 4.69) is 15.4 Å². The third-order valence-electron chi connectivity index (χ3n) is 6.14. The normalized spacial score (nSPS) is 11.0. The number of aryl methyl sites for hydroxylation is 2. The Hall–Kier alpha value is -5.12. The Labute approximate surface area is 233 Å². The number of alkyl halides is 3. The summed E-state index contributed by atoms with van der Waals surface area (Å²) in [5, 5.41) is 15.1. The van der Waals surface area contributed by atoms with Crippen LogP contribution in [0.1, 0.15) is 42.2 Å². The van der Waals surface area contributed by atoms with Gasteiger partial charge < -0.3 is 20.5 Å². The van der Waals surface area contributed by atoms with E-state index in [1.165, 1.54) is 25.1 Å². The predicted octanol–water partition coefficient (Wildman–Crippen LogP) is 6.90. The number of anilines is 2. The number of rotatable bonds is 7. The topological polar surface area (TPSA) is 105 Å². The smallest absolute Gasteiger partial charge is 0.422 e. The van der Waals surface area contributed by atoms with E-state index in [9.17, 15) is 32.7 Å². The highest BCUT2D eigenvalue weighted by Crippen LogP contribution is 2.25. The predicted molar refractivity (Wildman–Crippen MR) is 148 cm³/mol. The lowest BCUT2D eigenvalue weighted by molar-refractivity contribution is -0.161. The van der Waals surface area contributed by atoms with Gasteiger partial charge in [0.25, 0.3) is 11.8 Å². The highest BCUT2D eigenvalue weighted by atomic mass is 19.4. The highest BCUT2D eigenvalue weighted by molar-refractivity contribution is 6.07. The van der Waals surface area contributed by atoms with Gasteiger partial charge in [-0.25, -0.2) is 4.79 Å². The van der Waals surface area contributed by atoms with Crippen molar-refractivity contribution in [2.45, 2.75) is 20.0 Å². The first-order valence-electron chi connectivity index (χ1n) is 12.4. The maximum Gasteiger partial charge on any atom is 0.422 e. The van der Waals surface area contributed by atoms with Crippen LogP contribution in [0.5, 0.6) is 5.75 Å². The standard InChI is InChI=1S/C31H25F3N2O5/c1-18-6-10-24(35-28(38)23-9-13-26(19(2)14-23)30(40)41-17-31(32,33)34)16-27(18)36-29(39)22-5-3-4-21(15-22)20-7-11-25(37)12-8-20/h3-16,37H,17H2,1-2H3,(H,35,38)(H,36,39). The van der Waals surface area contributed by atoms with Crippen LogP contribution < -0.4 is 10.6 Å². The number of ether oxygens (including phenoxy) is 1. The monoisotopic (exact) mass is 562 g/mol. The zero-order valence-electron chi connectivity index (χ0n) is 22.0. The van der Waals surface area contributed by atoms with Crippen molar-refractivity contribution in [3.63, 3.8) is 0 Å². The van der Waals surface area contributed by atoms with Crippen molar-refractivity contribution < 1.29 is 37.4 Å². The van der Waals surface area contributed by atoms with Gasteiger partial charge in [-0.15, -0.1) is 0 Å². The summed E-state index contributed by atoms with van der Waals surface area (Å²) in [5.41, 5.74) is 4.02. The van der Waals surface area contributed by atoms with E-state index in [4.69, 9.17) is 0 Å². The van der Waals surface area contributed by atoms with Gasteiger partial charge in [-0.1, -0.05) is 30.3 Å². The summed E-state index contributed by atoms with van der Waals surface area (Å²) in [6, 6.07) is 22.5. The van der Waals surface area contributed by atoms with E-state index >= 15 is 0 Å². The molecule has 0 aliphatic heterocycles. The molecule has 7 nitrogen and oxygen atoms in total. The van der Waals surface area contributed by atoms with Crippen LogP contribution in [0.15, 0.2) is 84.9 Å². The zero-order chi connectivity index (χ0) is 29.7. The van der Waals surface area contributed by atoms with Crippen LogP contribution in [0.4, 0.5) is 24.5 Å². The number of phenols is 1. The average Bonchev–Trinajstić information content (AvgIpc) is 2.93. The molecule has 0 spiro atoms. The second kappa shape index (κ2) is 12.0. The minimum Gasteiger partial charge on any atom is -0.508 e. The van der Waals surface area contributed by atoms with E-state index in [0.717, 1.165) is 16.7 Å². The molecule has 0 unspecified atom stereocenters. The van der Waals surface area contributed by atoms with E-state index in [1.807, 2.05) is 6.07 Å². The molecule has 0 bridgehead atoms. The number of halogens is 3. The zero-order valence-corrected chi connectivity index (χ0v) is 22.0. The summed E-state index contributed by atoms with van der Waals surface area (Å²) in [4.78, 5) is 37.9. The minimum atomic E-state index is -4.65. The van der Waals surface area contributed by atoms with Gasteiger partial charge in [-0.05, 0) is 90.7 Å². The Balaban J connectivity index is 1.45. The van der Waals surface area contributed by atoms with Gasteiger partial charge in [0.15, 0.2) is 6.61 Å². The van der Waals surface area contributed by atoms with Gasteiger partial charge in [0.05, 0.1) is 5.56 Å². The summed E-state index contributed by atoms with van der Waals surface area (Å²) in [5.74, 6) is -1.88. The van der Waals surface area contributed by atoms with Crippen LogP contribution in [0, 0.1) is 13.8 Å². The Morgan fingerprint density at radius 1 is 0.756 bits per heavy atom. The number of hydrogen-bond donors (Lipinski definition) is 3. The maximum atomic E-state index is 13.0. The molecular formula is C31H25F3N2O5. The fourth-order valence-electron chi connectivity index (χ4n) is 3.99. The van der Waals surface area contributed by atoms with Gasteiger partial charge in [0.1, 0.15) is 5.75 Å². The van der Waals surface area contributed by atoms with Crippen LogP contribution in [-0.4, -0.2) is 35.7 Å². The fourth-order valence-corrected chi connectivity index (χ4v) is 3.99. The first-order chi connectivity index (χ1) is 19.4. The number of carbonyl (C=O) groups excluding carboxylic acids is 3. The average molecular weight is 563 g/mol. The van der Waals surface area contributed by atoms with Crippen molar-refractivity contribution in [3.05, 3.63) is 113 Å². The number of amides is 2. The van der Waals surface area contributed by atoms with E-state index in [0.29, 0.717) is 16.9 Å². The third kappa shape index (κ3) is 7.51. The van der Waals surface area contributed by atoms with Crippen molar-refractivity contribution in [2.24, 2.45) is 0 Å². The molecule has 4 aromatic carbocycles. The van der Waals surface area contributed by atoms with Gasteiger partial charge in [-0.3, -0.25) is 9.59 Å². The molecule has 0 saturated carbocycles. The summed E-state index contributed by atoms with van der Waals surface area (Å²) < 4.78 is 41.3. The van der Waals surface area contributed by atoms with Crippen LogP contribution in [0.3, 0.4) is 0 Å². The molecule has 2 amide bonds. The number of nitrogens with one attached hydrogen (secondary N) is 2. The summed E-state index contributed by atoms with van der Waals surface area (Å²) >= 11 is 0. The van der Waals surface area contributed by atoms with Crippen LogP contribution >= 0.6 is 0 Å². The number of aromatic hydroxyl groups is 1. The van der Waals surface area contributed by atoms with Crippen molar-refractivity contribution in [3.8, 4) is 16.9 Å². The minimum absolute atomic E-state index is 0.0828. The largest absolute Gasteiger partial charge is 0.508 e. The van der Waals surface area contributed by atoms with Crippen molar-refractivity contribution in [1.29, 1.82) is 0 Å². The second-order valence-electron chi connectivity index (χ2n) is 9.29. The first kappa shape index (κ1) is 28.9. The molecular weight excluding hydrogens is 537 g/mol. The Morgan fingerprint density at radius 2 is 1.44 bits per heavy atom. The molecule has 0 aromatic heterocycles. The second-order valence-corrected chi connectivity index (χ2v) is 9.29. The number of carbonyl (C=O) groups is 3. The van der Waals surface area contributed by atoms with Crippen LogP contribution in [-0.2, 0) is 4.74 Å². The van der Waals surface area contributed by atoms with E-state index in [-0.39, 0.29) is 28.3 Å². The molecule has 0 radical (unpaired) electrons. The number of hydrogen-bond acceptors (Lipinski definition) is 5. The number of esters is 1. The van der Waals surface area contributed by atoms with Gasteiger partial charge in [0, 0.05) is 22.5 Å². The Morgan fingerprint density at radius 3 is 2.12 bits per heavy atom. The van der Waals surface area contributed by atoms with Crippen molar-refractivity contribution in [1.82, 2.24) is 0 Å². The van der Waals surface area contributed by atoms with Crippen molar-refractivity contribution in [2.75, 3.05) is 17.2 Å². The molecule has 0 aliphatic rings. The Kier molecular flexibility index (Phi) is 8.42. The number of benzene rings is 4. The molecule has 0 fully saturated rings. The molecule has 0 heterocycles. The summed E-state index contributed by atoms with van der Waals surface area (Å²) in [6.45, 7) is 1.58. The van der Waals surface area contributed by atoms with Gasteiger partial charge in [0.2, 0.25) is 0 Å². The van der Waals surface area contributed by atoms with E-state index in [1.54, 1.807) is 67.6 Å². The lowest BCUT2D eigenvalue weighted by Gasteiger charge is -2.13. The maximum absolute atomic E-state index is 13.0. The SMILES string of the molecule is Cc1ccc(NC(=O)c2ccc(C(=O)OCC(F)(F)F)c(C)c2)cc1NC(=O)c1cccc(-c2ccc(O)cc2)c1. The lowest BCUT2D eigenvalue weighted by atomic mass is 10.0. The van der Waals surface area contributed by atoms with Gasteiger partial charge in [-0.2, -0.15) is 13.2 Å². The fraction of sp³-hybridized carbons (Fsp3) is 0.129. The van der Waals surface area contributed by atoms with Gasteiger partial charge >= 0.3 is 12.1 Å². The summed E-state index contributed by atoms with van der Waals surface area (Å²) in [6.07, 6.45) is -4.65. The number of phenolic OH excluding ortho intramolecular Hbond substituents is 1. The first-order valence-corrected chi connectivity index (χ1v) is 12.4. The van der Waals surface area contributed by atoms with Crippen molar-refractivity contribution >= 4 is 29.2 Å². The highest BCUT2D eigenvalue weighted by Gasteiger charge is 2.30. The quantitative estimate of drug-likeness (QED) is 0.213. The molecule has 0 saturated heterocycles. The molecule has 0 atom stereocenters. The third-order valence-corrected chi connectivity index (χ3v) is 6.14. The molecule has 4 aromatic rings. The molecule has 210 valence electrons. The molecule has 10 heteroatoms. The molecule has 3 N–H and O–H groups in total. The lowest BCUT2D eigenvalue weighted by Crippen LogP contribution is -2.21. The molecule has 4 rings (SSSR count). The molecule has 41 heavy (non-hydrogen) atoms. The Bertz CT molecular complexity index is 1620. The van der Waals surface area contributed by atoms with Crippen LogP contribution in [0.25, 0.3) is 11.1 Å². The summed E-state index contributed by atoms with van der Waals surface area (Å²) in [7, 11) is 0. The van der Waals surface area contributed by atoms with Crippen LogP contribution in [0.2, 0.25) is 0 Å². The molecule has 0 aliphatic carbocycles. The van der Waals surface area contributed by atoms with E-state index < -0.39 is 24.7 Å².